The Labute approximate surface area is 162 Å². The third kappa shape index (κ3) is 4.47. The molecule has 0 N–H and O–H groups in total. The maximum Gasteiger partial charge on any atom is 0.334 e. The number of carbonyl (C=O) groups excluding carboxylic acids is 4. The van der Waals surface area contributed by atoms with Gasteiger partial charge in [-0.05, 0) is 30.5 Å². The van der Waals surface area contributed by atoms with E-state index >= 15 is 0 Å². The van der Waals surface area contributed by atoms with E-state index < -0.39 is 36.1 Å². The average Bonchev–Trinajstić information content (AvgIpc) is 2.84. The van der Waals surface area contributed by atoms with Crippen LogP contribution in [-0.4, -0.2) is 65.2 Å². The minimum Gasteiger partial charge on any atom is -0.494 e. The molecule has 28 heavy (non-hydrogen) atoms. The number of halogens is 1. The van der Waals surface area contributed by atoms with Crippen LogP contribution in [0.4, 0.5) is 9.18 Å². The van der Waals surface area contributed by atoms with Crippen molar-refractivity contribution in [3.8, 4) is 5.75 Å². The number of hydrogen-bond acceptors (Lipinski definition) is 5. The molecule has 1 heterocycles. The van der Waals surface area contributed by atoms with E-state index in [-0.39, 0.29) is 31.3 Å². The fourth-order valence-corrected chi connectivity index (χ4v) is 2.86. The lowest BCUT2D eigenvalue weighted by molar-refractivity contribution is -0.145. The first kappa shape index (κ1) is 21.3. The van der Waals surface area contributed by atoms with Gasteiger partial charge in [0.1, 0.15) is 6.54 Å². The van der Waals surface area contributed by atoms with Crippen molar-refractivity contribution in [1.82, 2.24) is 14.7 Å². The van der Waals surface area contributed by atoms with Gasteiger partial charge in [0.05, 0.1) is 7.11 Å². The molecule has 1 aromatic carbocycles. The molecule has 0 radical (unpaired) electrons. The molecule has 1 saturated heterocycles. The Balaban J connectivity index is 2.09. The third-order valence-electron chi connectivity index (χ3n) is 4.30. The number of carbonyl (C=O) groups is 4. The van der Waals surface area contributed by atoms with Crippen molar-refractivity contribution < 1.29 is 28.3 Å². The van der Waals surface area contributed by atoms with E-state index in [0.29, 0.717) is 10.5 Å². The van der Waals surface area contributed by atoms with Crippen molar-refractivity contribution in [2.45, 2.75) is 27.3 Å². The van der Waals surface area contributed by atoms with Crippen LogP contribution in [0.25, 0.3) is 0 Å². The van der Waals surface area contributed by atoms with Crippen LogP contribution in [0.5, 0.6) is 5.75 Å². The molecule has 5 amide bonds. The number of benzene rings is 1. The molecular weight excluding hydrogens is 369 g/mol. The van der Waals surface area contributed by atoms with Crippen molar-refractivity contribution in [2.75, 3.05) is 26.7 Å². The topological polar surface area (TPSA) is 87.2 Å². The fraction of sp³-hybridized carbons (Fsp3) is 0.474. The Morgan fingerprint density at radius 3 is 2.36 bits per heavy atom. The van der Waals surface area contributed by atoms with Crippen molar-refractivity contribution in [3.63, 3.8) is 0 Å². The van der Waals surface area contributed by atoms with Crippen molar-refractivity contribution in [2.24, 2.45) is 5.92 Å². The zero-order valence-electron chi connectivity index (χ0n) is 16.4. The van der Waals surface area contributed by atoms with Gasteiger partial charge >= 0.3 is 17.8 Å². The van der Waals surface area contributed by atoms with Crippen LogP contribution in [0.15, 0.2) is 18.2 Å². The van der Waals surface area contributed by atoms with Gasteiger partial charge in [-0.25, -0.2) is 14.1 Å². The maximum absolute atomic E-state index is 13.9. The number of urea groups is 1. The summed E-state index contributed by atoms with van der Waals surface area (Å²) < 4.78 is 18.7. The van der Waals surface area contributed by atoms with Crippen LogP contribution in [-0.2, 0) is 20.9 Å². The van der Waals surface area contributed by atoms with E-state index in [1.54, 1.807) is 13.0 Å². The number of likely N-dealkylation sites (N-methyl/N-ethyl adjacent to an activating group) is 1. The molecule has 0 unspecified atom stereocenters. The molecule has 9 heteroatoms. The largest absolute Gasteiger partial charge is 0.494 e. The summed E-state index contributed by atoms with van der Waals surface area (Å²) in [6.45, 7) is 5.29. The Morgan fingerprint density at radius 2 is 1.82 bits per heavy atom. The number of nitrogens with zero attached hydrogens (tertiary/aromatic N) is 3. The van der Waals surface area contributed by atoms with Crippen molar-refractivity contribution in [3.05, 3.63) is 29.6 Å². The van der Waals surface area contributed by atoms with E-state index in [4.69, 9.17) is 4.74 Å². The molecule has 0 spiro atoms. The highest BCUT2D eigenvalue weighted by molar-refractivity contribution is 6.45. The van der Waals surface area contributed by atoms with Gasteiger partial charge in [-0.2, -0.15) is 0 Å². The number of imide groups is 2. The molecule has 0 atom stereocenters. The van der Waals surface area contributed by atoms with Gasteiger partial charge in [0, 0.05) is 19.6 Å². The summed E-state index contributed by atoms with van der Waals surface area (Å²) in [4.78, 5) is 52.0. The maximum atomic E-state index is 13.9. The van der Waals surface area contributed by atoms with Gasteiger partial charge in [0.15, 0.2) is 11.6 Å². The smallest absolute Gasteiger partial charge is 0.334 e. The lowest BCUT2D eigenvalue weighted by atomic mass is 10.2. The van der Waals surface area contributed by atoms with Crippen molar-refractivity contribution >= 4 is 23.8 Å². The molecule has 2 rings (SSSR count). The molecule has 1 aromatic rings. The van der Waals surface area contributed by atoms with Gasteiger partial charge in [0.2, 0.25) is 5.91 Å². The van der Waals surface area contributed by atoms with Crippen LogP contribution in [0.2, 0.25) is 0 Å². The summed E-state index contributed by atoms with van der Waals surface area (Å²) in [5, 5.41) is 0. The quantitative estimate of drug-likeness (QED) is 0.495. The molecule has 0 aliphatic carbocycles. The Morgan fingerprint density at radius 1 is 1.18 bits per heavy atom. The number of amides is 5. The Kier molecular flexibility index (Phi) is 6.71. The zero-order valence-corrected chi connectivity index (χ0v) is 16.4. The van der Waals surface area contributed by atoms with Crippen molar-refractivity contribution in [1.29, 1.82) is 0 Å². The summed E-state index contributed by atoms with van der Waals surface area (Å²) in [7, 11) is 1.36. The second-order valence-corrected chi connectivity index (χ2v) is 6.86. The van der Waals surface area contributed by atoms with Crippen LogP contribution >= 0.6 is 0 Å². The van der Waals surface area contributed by atoms with Gasteiger partial charge in [-0.1, -0.05) is 19.9 Å². The number of hydrogen-bond donors (Lipinski definition) is 0. The normalized spacial score (nSPS) is 14.3. The lowest BCUT2D eigenvalue weighted by Crippen LogP contribution is -2.43. The first-order valence-corrected chi connectivity index (χ1v) is 8.97. The molecule has 0 saturated carbocycles. The van der Waals surface area contributed by atoms with Gasteiger partial charge in [0.25, 0.3) is 0 Å². The average molecular weight is 393 g/mol. The first-order chi connectivity index (χ1) is 13.2. The molecule has 1 aliphatic heterocycles. The van der Waals surface area contributed by atoms with Crippen LogP contribution in [0.3, 0.4) is 0 Å². The lowest BCUT2D eigenvalue weighted by Gasteiger charge is -2.23. The summed E-state index contributed by atoms with van der Waals surface area (Å²) in [6, 6.07) is 3.55. The standard InChI is InChI=1S/C19H24FN3O5/c1-5-21(10-13-6-7-15(28-4)14(20)8-13)16(24)11-23-18(26)17(25)22(19(23)27)9-12(2)3/h6-8,12H,5,9-11H2,1-4H3. The number of ether oxygens (including phenoxy) is 1. The minimum absolute atomic E-state index is 0.00606. The SMILES string of the molecule is CCN(Cc1ccc(OC)c(F)c1)C(=O)CN1C(=O)C(=O)N(CC(C)C)C1=O. The third-order valence-corrected chi connectivity index (χ3v) is 4.30. The monoisotopic (exact) mass is 393 g/mol. The Hall–Kier alpha value is -2.97. The molecule has 1 fully saturated rings. The first-order valence-electron chi connectivity index (χ1n) is 8.97. The molecule has 152 valence electrons. The summed E-state index contributed by atoms with van der Waals surface area (Å²) in [5.41, 5.74) is 0.532. The molecule has 0 bridgehead atoms. The van der Waals surface area contributed by atoms with Gasteiger partial charge < -0.3 is 9.64 Å². The molecule has 1 aliphatic rings. The second-order valence-electron chi connectivity index (χ2n) is 6.86. The van der Waals surface area contributed by atoms with Crippen LogP contribution in [0, 0.1) is 11.7 Å². The highest BCUT2D eigenvalue weighted by atomic mass is 19.1. The zero-order chi connectivity index (χ0) is 21.0. The summed E-state index contributed by atoms with van der Waals surface area (Å²) >= 11 is 0. The van der Waals surface area contributed by atoms with E-state index in [0.717, 1.165) is 4.90 Å². The highest BCUT2D eigenvalue weighted by Crippen LogP contribution is 2.19. The van der Waals surface area contributed by atoms with Crippen LogP contribution in [0.1, 0.15) is 26.3 Å². The minimum atomic E-state index is -1.01. The van der Waals surface area contributed by atoms with Crippen LogP contribution < -0.4 is 4.74 Å². The fourth-order valence-electron chi connectivity index (χ4n) is 2.86. The van der Waals surface area contributed by atoms with Gasteiger partial charge in [-0.15, -0.1) is 0 Å². The molecule has 8 nitrogen and oxygen atoms in total. The number of methoxy groups -OCH3 is 1. The predicted molar refractivity (Wildman–Crippen MR) is 97.7 cm³/mol. The predicted octanol–water partition coefficient (Wildman–Crippen LogP) is 1.63. The molecular formula is C19H24FN3O5. The van der Waals surface area contributed by atoms with E-state index in [9.17, 15) is 23.6 Å². The highest BCUT2D eigenvalue weighted by Gasteiger charge is 2.45. The molecule has 0 aromatic heterocycles. The number of rotatable bonds is 8. The van der Waals surface area contributed by atoms with E-state index in [2.05, 4.69) is 0 Å². The Bertz CT molecular complexity index is 796. The van der Waals surface area contributed by atoms with E-state index in [1.807, 2.05) is 13.8 Å². The summed E-state index contributed by atoms with van der Waals surface area (Å²) in [6.07, 6.45) is 0. The van der Waals surface area contributed by atoms with E-state index in [1.165, 1.54) is 24.1 Å². The van der Waals surface area contributed by atoms with Gasteiger partial charge in [-0.3, -0.25) is 19.3 Å². The second kappa shape index (κ2) is 8.81. The summed E-state index contributed by atoms with van der Waals surface area (Å²) in [5.74, 6) is -2.91.